The fourth-order valence-electron chi connectivity index (χ4n) is 3.16. The van der Waals surface area contributed by atoms with Gasteiger partial charge in [-0.25, -0.2) is 17.6 Å². The summed E-state index contributed by atoms with van der Waals surface area (Å²) in [6, 6.07) is 11.3. The van der Waals surface area contributed by atoms with Crippen LogP contribution in [0.15, 0.2) is 47.4 Å². The van der Waals surface area contributed by atoms with Crippen molar-refractivity contribution in [1.82, 2.24) is 0 Å². The first-order valence-corrected chi connectivity index (χ1v) is 10.6. The molecule has 1 heterocycles. The molecule has 6 heteroatoms. The first-order valence-electron chi connectivity index (χ1n) is 8.66. The molecule has 0 bridgehead atoms. The molecular weight excluding hydrogens is 367 g/mol. The summed E-state index contributed by atoms with van der Waals surface area (Å²) < 4.78 is 42.9. The Balaban J connectivity index is 2.05. The Hall–Kier alpha value is -2.47. The number of benzene rings is 2. The van der Waals surface area contributed by atoms with Crippen molar-refractivity contribution in [1.29, 1.82) is 0 Å². The molecule has 2 aromatic carbocycles. The molecule has 0 radical (unpaired) electrons. The second-order valence-electron chi connectivity index (χ2n) is 7.14. The van der Waals surface area contributed by atoms with Gasteiger partial charge < -0.3 is 4.74 Å². The number of cyclic esters (lactones) is 1. The van der Waals surface area contributed by atoms with Crippen LogP contribution in [-0.4, -0.2) is 27.2 Å². The van der Waals surface area contributed by atoms with Crippen molar-refractivity contribution in [3.8, 4) is 0 Å². The van der Waals surface area contributed by atoms with Crippen LogP contribution in [0.3, 0.4) is 0 Å². The predicted octanol–water partition coefficient (Wildman–Crippen LogP) is 3.90. The Morgan fingerprint density at radius 1 is 1.11 bits per heavy atom. The van der Waals surface area contributed by atoms with Crippen molar-refractivity contribution in [3.05, 3.63) is 65.0 Å². The number of rotatable bonds is 5. The Labute approximate surface area is 158 Å². The lowest BCUT2D eigenvalue weighted by Gasteiger charge is -2.09. The van der Waals surface area contributed by atoms with E-state index in [1.165, 1.54) is 12.1 Å². The van der Waals surface area contributed by atoms with Gasteiger partial charge in [-0.2, -0.15) is 0 Å². The zero-order valence-electron chi connectivity index (χ0n) is 15.5. The highest BCUT2D eigenvalue weighted by Gasteiger charge is 2.29. The van der Waals surface area contributed by atoms with Gasteiger partial charge in [0, 0.05) is 17.4 Å². The van der Waals surface area contributed by atoms with Gasteiger partial charge in [0.05, 0.1) is 10.5 Å². The summed E-state index contributed by atoms with van der Waals surface area (Å²) in [5.74, 6) is -0.683. The molecule has 0 spiro atoms. The van der Waals surface area contributed by atoms with Gasteiger partial charge >= 0.3 is 5.97 Å². The van der Waals surface area contributed by atoms with Crippen LogP contribution in [0.1, 0.15) is 30.5 Å². The van der Waals surface area contributed by atoms with Crippen LogP contribution in [0.4, 0.5) is 4.39 Å². The summed E-state index contributed by atoms with van der Waals surface area (Å²) in [4.78, 5) is 12.2. The molecule has 0 aromatic heterocycles. The summed E-state index contributed by atoms with van der Waals surface area (Å²) in [7, 11) is -3.51. The maximum Gasteiger partial charge on any atom is 0.339 e. The van der Waals surface area contributed by atoms with Crippen LogP contribution in [0.5, 0.6) is 0 Å². The predicted molar refractivity (Wildman–Crippen MR) is 102 cm³/mol. The van der Waals surface area contributed by atoms with Gasteiger partial charge in [-0.05, 0) is 35.6 Å². The van der Waals surface area contributed by atoms with Gasteiger partial charge in [0.15, 0.2) is 9.84 Å². The van der Waals surface area contributed by atoms with Crippen molar-refractivity contribution in [2.75, 3.05) is 12.9 Å². The first-order chi connectivity index (χ1) is 12.7. The second-order valence-corrected chi connectivity index (χ2v) is 9.15. The number of esters is 1. The molecule has 0 atom stereocenters. The molecule has 3 rings (SSSR count). The molecule has 0 N–H and O–H groups in total. The van der Waals surface area contributed by atoms with Crippen LogP contribution < -0.4 is 0 Å². The third-order valence-corrected chi connectivity index (χ3v) is 5.54. The van der Waals surface area contributed by atoms with Crippen molar-refractivity contribution in [2.24, 2.45) is 5.92 Å². The molecule has 2 aromatic rings. The van der Waals surface area contributed by atoms with Crippen molar-refractivity contribution in [3.63, 3.8) is 0 Å². The number of ether oxygens (including phenoxy) is 1. The molecule has 4 nitrogen and oxygen atoms in total. The van der Waals surface area contributed by atoms with Crippen LogP contribution in [0.2, 0.25) is 0 Å². The number of carbonyl (C=O) groups is 1. The lowest BCUT2D eigenvalue weighted by molar-refractivity contribution is -0.133. The molecule has 142 valence electrons. The van der Waals surface area contributed by atoms with E-state index in [1.54, 1.807) is 0 Å². The Bertz CT molecular complexity index is 1020. The maximum atomic E-state index is 14.6. The monoisotopic (exact) mass is 388 g/mol. The van der Waals surface area contributed by atoms with Gasteiger partial charge in [-0.1, -0.05) is 44.2 Å². The molecule has 0 saturated carbocycles. The van der Waals surface area contributed by atoms with E-state index >= 15 is 0 Å². The van der Waals surface area contributed by atoms with Crippen LogP contribution in [0, 0.1) is 11.7 Å². The molecule has 0 amide bonds. The van der Waals surface area contributed by atoms with E-state index < -0.39 is 21.6 Å². The van der Waals surface area contributed by atoms with Gasteiger partial charge in [-0.3, -0.25) is 0 Å². The van der Waals surface area contributed by atoms with Crippen molar-refractivity contribution in [2.45, 2.75) is 25.2 Å². The maximum absolute atomic E-state index is 14.6. The highest BCUT2D eigenvalue weighted by atomic mass is 32.2. The Morgan fingerprint density at radius 3 is 2.33 bits per heavy atom. The van der Waals surface area contributed by atoms with E-state index in [0.717, 1.165) is 24.3 Å². The highest BCUT2D eigenvalue weighted by Crippen LogP contribution is 2.34. The van der Waals surface area contributed by atoms with Crippen LogP contribution in [0.25, 0.3) is 11.1 Å². The minimum absolute atomic E-state index is 0.0446. The lowest BCUT2D eigenvalue weighted by Crippen LogP contribution is -2.01. The average molecular weight is 388 g/mol. The summed E-state index contributed by atoms with van der Waals surface area (Å²) in [5, 5.41) is 0. The fourth-order valence-corrected chi connectivity index (χ4v) is 3.79. The SMILES string of the molecule is CC(C)Cc1ccc(C2=C(c3ccc(S(C)(=O)=O)cc3F)COC2=O)cc1. The molecule has 1 aliphatic rings. The molecule has 0 aliphatic carbocycles. The van der Waals surface area contributed by atoms with Crippen LogP contribution >= 0.6 is 0 Å². The molecule has 1 aliphatic heterocycles. The zero-order chi connectivity index (χ0) is 19.8. The van der Waals surface area contributed by atoms with Crippen LogP contribution in [-0.2, 0) is 25.8 Å². The Morgan fingerprint density at radius 2 is 1.78 bits per heavy atom. The number of carbonyl (C=O) groups excluding carboxylic acids is 1. The standard InChI is InChI=1S/C21H21FO4S/c1-13(2)10-14-4-6-15(7-5-14)20-18(12-26-21(20)23)17-9-8-16(11-19(17)22)27(3,24)25/h4-9,11,13H,10,12H2,1-3H3. The molecule has 0 saturated heterocycles. The fraction of sp³-hybridized carbons (Fsp3) is 0.286. The van der Waals surface area contributed by atoms with E-state index in [4.69, 9.17) is 4.74 Å². The smallest absolute Gasteiger partial charge is 0.339 e. The second kappa shape index (κ2) is 7.27. The summed E-state index contributed by atoms with van der Waals surface area (Å²) in [5.41, 5.74) is 2.73. The number of hydrogen-bond acceptors (Lipinski definition) is 4. The lowest BCUT2D eigenvalue weighted by atomic mass is 9.94. The number of halogens is 1. The third kappa shape index (κ3) is 4.11. The minimum Gasteiger partial charge on any atom is -0.457 e. The van der Waals surface area contributed by atoms with Gasteiger partial charge in [0.2, 0.25) is 0 Å². The van der Waals surface area contributed by atoms with E-state index in [9.17, 15) is 17.6 Å². The number of sulfone groups is 1. The normalized spacial score (nSPS) is 14.8. The van der Waals surface area contributed by atoms with Crippen molar-refractivity contribution < 1.29 is 22.3 Å². The topological polar surface area (TPSA) is 60.4 Å². The zero-order valence-corrected chi connectivity index (χ0v) is 16.3. The Kier molecular flexibility index (Phi) is 5.20. The molecule has 27 heavy (non-hydrogen) atoms. The average Bonchev–Trinajstić information content (AvgIpc) is 2.95. The summed E-state index contributed by atoms with van der Waals surface area (Å²) >= 11 is 0. The first kappa shape index (κ1) is 19.3. The van der Waals surface area contributed by atoms with Crippen molar-refractivity contribution >= 4 is 27.0 Å². The van der Waals surface area contributed by atoms with E-state index in [1.807, 2.05) is 24.3 Å². The highest BCUT2D eigenvalue weighted by molar-refractivity contribution is 7.90. The number of hydrogen-bond donors (Lipinski definition) is 0. The summed E-state index contributed by atoms with van der Waals surface area (Å²) in [6.45, 7) is 4.22. The molecule has 0 fully saturated rings. The van der Waals surface area contributed by atoms with Gasteiger partial charge in [0.1, 0.15) is 12.4 Å². The minimum atomic E-state index is -3.51. The largest absolute Gasteiger partial charge is 0.457 e. The molecule has 0 unspecified atom stereocenters. The summed E-state index contributed by atoms with van der Waals surface area (Å²) in [6.07, 6.45) is 1.95. The quantitative estimate of drug-likeness (QED) is 0.729. The van der Waals surface area contributed by atoms with Gasteiger partial charge in [-0.15, -0.1) is 0 Å². The molecular formula is C21H21FO4S. The van der Waals surface area contributed by atoms with E-state index in [-0.39, 0.29) is 17.1 Å². The van der Waals surface area contributed by atoms with Gasteiger partial charge in [0.25, 0.3) is 0 Å². The van der Waals surface area contributed by atoms with E-state index in [0.29, 0.717) is 22.6 Å². The third-order valence-electron chi connectivity index (χ3n) is 4.43. The van der Waals surface area contributed by atoms with E-state index in [2.05, 4.69) is 13.8 Å².